The highest BCUT2D eigenvalue weighted by atomic mass is 16.3. The molecule has 1 atom stereocenters. The highest BCUT2D eigenvalue weighted by Crippen LogP contribution is 2.26. The van der Waals surface area contributed by atoms with Gasteiger partial charge in [-0.3, -0.25) is 0 Å². The topological polar surface area (TPSA) is 56.0 Å². The standard InChI is InChI=1S/C11H12N2O/c12-7-9-6-8(3-4-11(9)14)10-2-1-5-13-10/h3-4,6,10,13-14H,1-2,5H2/t10-/m1/s1. The number of hydrogen-bond acceptors (Lipinski definition) is 3. The van der Waals surface area contributed by atoms with Crippen LogP contribution in [0.3, 0.4) is 0 Å². The van der Waals surface area contributed by atoms with Gasteiger partial charge in [0.15, 0.2) is 0 Å². The van der Waals surface area contributed by atoms with E-state index in [1.807, 2.05) is 12.1 Å². The lowest BCUT2D eigenvalue weighted by atomic mass is 10.0. The summed E-state index contributed by atoms with van der Waals surface area (Å²) >= 11 is 0. The van der Waals surface area contributed by atoms with Crippen LogP contribution in [-0.4, -0.2) is 11.7 Å². The molecule has 1 heterocycles. The van der Waals surface area contributed by atoms with E-state index in [0.717, 1.165) is 18.5 Å². The lowest BCUT2D eigenvalue weighted by Gasteiger charge is -2.10. The maximum atomic E-state index is 9.33. The maximum Gasteiger partial charge on any atom is 0.133 e. The van der Waals surface area contributed by atoms with Crippen LogP contribution in [0.5, 0.6) is 5.75 Å². The molecule has 1 aromatic rings. The molecule has 2 rings (SSSR count). The SMILES string of the molecule is N#Cc1cc([C@H]2CCCN2)ccc1O. The summed E-state index contributed by atoms with van der Waals surface area (Å²) < 4.78 is 0. The number of rotatable bonds is 1. The minimum Gasteiger partial charge on any atom is -0.507 e. The van der Waals surface area contributed by atoms with E-state index in [0.29, 0.717) is 11.6 Å². The van der Waals surface area contributed by atoms with Crippen molar-refractivity contribution in [1.29, 1.82) is 5.26 Å². The smallest absolute Gasteiger partial charge is 0.133 e. The summed E-state index contributed by atoms with van der Waals surface area (Å²) in [5.41, 5.74) is 1.45. The molecule has 14 heavy (non-hydrogen) atoms. The first-order valence-electron chi connectivity index (χ1n) is 4.77. The summed E-state index contributed by atoms with van der Waals surface area (Å²) in [6.07, 6.45) is 2.28. The number of hydrogen-bond donors (Lipinski definition) is 2. The highest BCUT2D eigenvalue weighted by Gasteiger charge is 2.16. The van der Waals surface area contributed by atoms with Gasteiger partial charge in [0.2, 0.25) is 0 Å². The molecule has 2 N–H and O–H groups in total. The van der Waals surface area contributed by atoms with E-state index in [1.165, 1.54) is 6.42 Å². The Hall–Kier alpha value is -1.53. The van der Waals surface area contributed by atoms with Gasteiger partial charge in [0, 0.05) is 6.04 Å². The van der Waals surface area contributed by atoms with Crippen LogP contribution < -0.4 is 5.32 Å². The molecule has 1 fully saturated rings. The summed E-state index contributed by atoms with van der Waals surface area (Å²) in [6.45, 7) is 1.04. The van der Waals surface area contributed by atoms with Crippen LogP contribution in [0.1, 0.15) is 30.0 Å². The van der Waals surface area contributed by atoms with E-state index in [-0.39, 0.29) is 5.75 Å². The fourth-order valence-electron chi connectivity index (χ4n) is 1.83. The van der Waals surface area contributed by atoms with Crippen LogP contribution >= 0.6 is 0 Å². The van der Waals surface area contributed by atoms with Crippen molar-refractivity contribution in [3.63, 3.8) is 0 Å². The van der Waals surface area contributed by atoms with Crippen molar-refractivity contribution in [2.24, 2.45) is 0 Å². The number of nitrogens with one attached hydrogen (secondary N) is 1. The zero-order valence-corrected chi connectivity index (χ0v) is 7.83. The number of nitriles is 1. The van der Waals surface area contributed by atoms with E-state index in [9.17, 15) is 5.11 Å². The van der Waals surface area contributed by atoms with Crippen LogP contribution in [0.2, 0.25) is 0 Å². The van der Waals surface area contributed by atoms with Crippen LogP contribution in [0.4, 0.5) is 0 Å². The first-order valence-corrected chi connectivity index (χ1v) is 4.77. The lowest BCUT2D eigenvalue weighted by molar-refractivity contribution is 0.473. The monoisotopic (exact) mass is 188 g/mol. The highest BCUT2D eigenvalue weighted by molar-refractivity contribution is 5.45. The van der Waals surface area contributed by atoms with Gasteiger partial charge in [-0.15, -0.1) is 0 Å². The van der Waals surface area contributed by atoms with Crippen molar-refractivity contribution >= 4 is 0 Å². The molecule has 3 nitrogen and oxygen atoms in total. The van der Waals surface area contributed by atoms with Gasteiger partial charge in [-0.2, -0.15) is 5.26 Å². The molecular weight excluding hydrogens is 176 g/mol. The minimum absolute atomic E-state index is 0.0641. The van der Waals surface area contributed by atoms with E-state index in [4.69, 9.17) is 5.26 Å². The Labute approximate surface area is 83.0 Å². The Kier molecular flexibility index (Phi) is 2.38. The molecule has 0 saturated carbocycles. The molecule has 0 bridgehead atoms. The van der Waals surface area contributed by atoms with Crippen molar-refractivity contribution in [3.8, 4) is 11.8 Å². The fourth-order valence-corrected chi connectivity index (χ4v) is 1.83. The van der Waals surface area contributed by atoms with Crippen molar-refractivity contribution in [2.75, 3.05) is 6.54 Å². The average Bonchev–Trinajstić information content (AvgIpc) is 2.71. The van der Waals surface area contributed by atoms with Gasteiger partial charge in [-0.25, -0.2) is 0 Å². The molecule has 0 radical (unpaired) electrons. The molecule has 3 heteroatoms. The molecule has 1 aliphatic rings. The average molecular weight is 188 g/mol. The third-order valence-corrected chi connectivity index (χ3v) is 2.60. The Morgan fingerprint density at radius 2 is 2.36 bits per heavy atom. The van der Waals surface area contributed by atoms with Crippen molar-refractivity contribution < 1.29 is 5.11 Å². The van der Waals surface area contributed by atoms with E-state index in [2.05, 4.69) is 5.32 Å². The summed E-state index contributed by atoms with van der Waals surface area (Å²) in [5, 5.41) is 21.4. The predicted molar refractivity (Wildman–Crippen MR) is 52.8 cm³/mol. The number of phenols is 1. The number of benzene rings is 1. The zero-order chi connectivity index (χ0) is 9.97. The minimum atomic E-state index is 0.0641. The predicted octanol–water partition coefficient (Wildman–Crippen LogP) is 1.69. The Balaban J connectivity index is 2.31. The lowest BCUT2D eigenvalue weighted by Crippen LogP contribution is -2.12. The Morgan fingerprint density at radius 1 is 1.50 bits per heavy atom. The maximum absolute atomic E-state index is 9.33. The Morgan fingerprint density at radius 3 is 3.00 bits per heavy atom. The van der Waals surface area contributed by atoms with Gasteiger partial charge < -0.3 is 10.4 Å². The van der Waals surface area contributed by atoms with Gasteiger partial charge in [-0.1, -0.05) is 6.07 Å². The normalized spacial score (nSPS) is 20.6. The quantitative estimate of drug-likeness (QED) is 0.705. The molecule has 1 saturated heterocycles. The van der Waals surface area contributed by atoms with Crippen molar-refractivity contribution in [3.05, 3.63) is 29.3 Å². The molecule has 0 aromatic heterocycles. The first-order chi connectivity index (χ1) is 6.81. The second kappa shape index (κ2) is 3.69. The molecule has 0 amide bonds. The Bertz CT molecular complexity index is 375. The van der Waals surface area contributed by atoms with Crippen molar-refractivity contribution in [2.45, 2.75) is 18.9 Å². The first kappa shape index (κ1) is 9.04. The molecule has 0 unspecified atom stereocenters. The second-order valence-corrected chi connectivity index (χ2v) is 3.54. The van der Waals surface area contributed by atoms with E-state index >= 15 is 0 Å². The second-order valence-electron chi connectivity index (χ2n) is 3.54. The van der Waals surface area contributed by atoms with Crippen LogP contribution in [-0.2, 0) is 0 Å². The third-order valence-electron chi connectivity index (χ3n) is 2.60. The van der Waals surface area contributed by atoms with Crippen LogP contribution in [0, 0.1) is 11.3 Å². The summed E-state index contributed by atoms with van der Waals surface area (Å²) in [4.78, 5) is 0. The molecular formula is C11H12N2O. The molecule has 0 aliphatic carbocycles. The third kappa shape index (κ3) is 1.57. The molecule has 0 spiro atoms. The van der Waals surface area contributed by atoms with Gasteiger partial charge >= 0.3 is 0 Å². The summed E-state index contributed by atoms with van der Waals surface area (Å²) in [5.74, 6) is 0.0641. The number of aromatic hydroxyl groups is 1. The largest absolute Gasteiger partial charge is 0.507 e. The van der Waals surface area contributed by atoms with E-state index < -0.39 is 0 Å². The molecule has 72 valence electrons. The van der Waals surface area contributed by atoms with Crippen molar-refractivity contribution in [1.82, 2.24) is 5.32 Å². The van der Waals surface area contributed by atoms with Crippen LogP contribution in [0.25, 0.3) is 0 Å². The summed E-state index contributed by atoms with van der Waals surface area (Å²) in [7, 11) is 0. The van der Waals surface area contributed by atoms with Gasteiger partial charge in [-0.05, 0) is 37.1 Å². The van der Waals surface area contributed by atoms with Crippen LogP contribution in [0.15, 0.2) is 18.2 Å². The van der Waals surface area contributed by atoms with E-state index in [1.54, 1.807) is 12.1 Å². The van der Waals surface area contributed by atoms with Gasteiger partial charge in [0.1, 0.15) is 11.8 Å². The van der Waals surface area contributed by atoms with Gasteiger partial charge in [0.25, 0.3) is 0 Å². The molecule has 1 aliphatic heterocycles. The number of nitrogens with zero attached hydrogens (tertiary/aromatic N) is 1. The number of phenolic OH excluding ortho intramolecular Hbond substituents is 1. The fraction of sp³-hybridized carbons (Fsp3) is 0.364. The molecule has 1 aromatic carbocycles. The van der Waals surface area contributed by atoms with Gasteiger partial charge in [0.05, 0.1) is 5.56 Å². The summed E-state index contributed by atoms with van der Waals surface area (Å²) in [6, 6.07) is 7.56. The zero-order valence-electron chi connectivity index (χ0n) is 7.83.